The van der Waals surface area contributed by atoms with Crippen LogP contribution in [0.5, 0.6) is 0 Å². The molecular weight excluding hydrogens is 262 g/mol. The molecule has 2 heteroatoms. The van der Waals surface area contributed by atoms with E-state index in [1.807, 2.05) is 0 Å². The summed E-state index contributed by atoms with van der Waals surface area (Å²) < 4.78 is 1.17. The average Bonchev–Trinajstić information content (AvgIpc) is 2.30. The minimum Gasteiger partial charge on any atom is -0.314 e. The average molecular weight is 282 g/mol. The van der Waals surface area contributed by atoms with E-state index in [-0.39, 0.29) is 0 Å². The minimum atomic E-state index is 0.730. The molecule has 0 aromatic heterocycles. The maximum Gasteiger partial charge on any atom is 0.0175 e. The fourth-order valence-corrected chi connectivity index (χ4v) is 2.80. The number of benzene rings is 1. The Balaban J connectivity index is 1.92. The quantitative estimate of drug-likeness (QED) is 0.882. The Labute approximate surface area is 107 Å². The second kappa shape index (κ2) is 5.33. The van der Waals surface area contributed by atoms with E-state index in [2.05, 4.69) is 59.4 Å². The van der Waals surface area contributed by atoms with Crippen molar-refractivity contribution in [3.8, 4) is 0 Å². The topological polar surface area (TPSA) is 12.0 Å². The number of nitrogens with one attached hydrogen (secondary N) is 1. The SMILES string of the molecule is CCCNC1CC(c2ccc(Br)cc2)C1C. The number of rotatable bonds is 4. The van der Waals surface area contributed by atoms with Crippen LogP contribution in [0.4, 0.5) is 0 Å². The zero-order chi connectivity index (χ0) is 11.5. The van der Waals surface area contributed by atoms with Crippen molar-refractivity contribution < 1.29 is 0 Å². The predicted octanol–water partition coefficient (Wildman–Crippen LogP) is 3.94. The van der Waals surface area contributed by atoms with Gasteiger partial charge in [0.15, 0.2) is 0 Å². The Morgan fingerprint density at radius 3 is 2.56 bits per heavy atom. The minimum absolute atomic E-state index is 0.730. The van der Waals surface area contributed by atoms with Crippen molar-refractivity contribution in [3.63, 3.8) is 0 Å². The molecule has 0 saturated heterocycles. The molecule has 88 valence electrons. The Hall–Kier alpha value is -0.340. The van der Waals surface area contributed by atoms with Crippen LogP contribution in [0.15, 0.2) is 28.7 Å². The van der Waals surface area contributed by atoms with Crippen molar-refractivity contribution in [2.75, 3.05) is 6.54 Å². The molecule has 0 heterocycles. The summed E-state index contributed by atoms with van der Waals surface area (Å²) in [6, 6.07) is 9.53. The fraction of sp³-hybridized carbons (Fsp3) is 0.571. The second-order valence-corrected chi connectivity index (χ2v) is 5.73. The lowest BCUT2D eigenvalue weighted by atomic mass is 9.67. The lowest BCUT2D eigenvalue weighted by Crippen LogP contribution is -2.48. The normalized spacial score (nSPS) is 28.8. The lowest BCUT2D eigenvalue weighted by molar-refractivity contribution is 0.185. The van der Waals surface area contributed by atoms with Gasteiger partial charge >= 0.3 is 0 Å². The van der Waals surface area contributed by atoms with Gasteiger partial charge in [0.25, 0.3) is 0 Å². The molecular formula is C14H20BrN. The van der Waals surface area contributed by atoms with Crippen molar-refractivity contribution in [1.82, 2.24) is 5.32 Å². The molecule has 1 aromatic rings. The van der Waals surface area contributed by atoms with Crippen molar-refractivity contribution in [1.29, 1.82) is 0 Å². The van der Waals surface area contributed by atoms with E-state index in [1.165, 1.54) is 22.9 Å². The molecule has 3 atom stereocenters. The summed E-state index contributed by atoms with van der Waals surface area (Å²) in [6.07, 6.45) is 2.52. The summed E-state index contributed by atoms with van der Waals surface area (Å²) in [4.78, 5) is 0. The van der Waals surface area contributed by atoms with Crippen LogP contribution in [-0.4, -0.2) is 12.6 Å². The number of halogens is 1. The largest absolute Gasteiger partial charge is 0.314 e. The van der Waals surface area contributed by atoms with E-state index < -0.39 is 0 Å². The monoisotopic (exact) mass is 281 g/mol. The first-order valence-corrected chi connectivity index (χ1v) is 7.00. The molecule has 16 heavy (non-hydrogen) atoms. The molecule has 0 radical (unpaired) electrons. The standard InChI is InChI=1S/C14H20BrN/c1-3-8-16-14-9-13(10(14)2)11-4-6-12(15)7-5-11/h4-7,10,13-14,16H,3,8-9H2,1-2H3. The van der Waals surface area contributed by atoms with Gasteiger partial charge in [-0.05, 0) is 48.9 Å². The van der Waals surface area contributed by atoms with Gasteiger partial charge in [0.1, 0.15) is 0 Å². The smallest absolute Gasteiger partial charge is 0.0175 e. The predicted molar refractivity (Wildman–Crippen MR) is 72.7 cm³/mol. The molecule has 0 aliphatic heterocycles. The first-order chi connectivity index (χ1) is 7.72. The van der Waals surface area contributed by atoms with Crippen molar-refractivity contribution in [3.05, 3.63) is 34.3 Å². The van der Waals surface area contributed by atoms with Crippen LogP contribution in [-0.2, 0) is 0 Å². The molecule has 0 amide bonds. The van der Waals surface area contributed by atoms with Gasteiger partial charge in [-0.25, -0.2) is 0 Å². The van der Waals surface area contributed by atoms with Crippen LogP contribution in [0.3, 0.4) is 0 Å². The molecule has 1 fully saturated rings. The van der Waals surface area contributed by atoms with Crippen molar-refractivity contribution in [2.24, 2.45) is 5.92 Å². The first kappa shape index (κ1) is 12.1. The maximum absolute atomic E-state index is 3.62. The van der Waals surface area contributed by atoms with Crippen LogP contribution in [0.25, 0.3) is 0 Å². The zero-order valence-electron chi connectivity index (χ0n) is 10.0. The molecule has 1 aliphatic carbocycles. The molecule has 1 nitrogen and oxygen atoms in total. The van der Waals surface area contributed by atoms with Gasteiger partial charge in [0.05, 0.1) is 0 Å². The third-order valence-electron chi connectivity index (χ3n) is 3.73. The Morgan fingerprint density at radius 1 is 1.31 bits per heavy atom. The Kier molecular flexibility index (Phi) is 4.04. The van der Waals surface area contributed by atoms with E-state index in [9.17, 15) is 0 Å². The van der Waals surface area contributed by atoms with E-state index in [4.69, 9.17) is 0 Å². The summed E-state index contributed by atoms with van der Waals surface area (Å²) in [7, 11) is 0. The molecule has 0 spiro atoms. The van der Waals surface area contributed by atoms with Crippen LogP contribution < -0.4 is 5.32 Å². The summed E-state index contributed by atoms with van der Waals surface area (Å²) in [5.74, 6) is 1.52. The second-order valence-electron chi connectivity index (χ2n) is 4.81. The molecule has 1 saturated carbocycles. The highest BCUT2D eigenvalue weighted by Crippen LogP contribution is 2.42. The van der Waals surface area contributed by atoms with Crippen molar-refractivity contribution in [2.45, 2.75) is 38.6 Å². The van der Waals surface area contributed by atoms with Gasteiger partial charge in [-0.2, -0.15) is 0 Å². The molecule has 1 aliphatic rings. The van der Waals surface area contributed by atoms with Gasteiger partial charge in [-0.3, -0.25) is 0 Å². The van der Waals surface area contributed by atoms with Gasteiger partial charge < -0.3 is 5.32 Å². The van der Waals surface area contributed by atoms with Crippen LogP contribution in [0, 0.1) is 5.92 Å². The van der Waals surface area contributed by atoms with Gasteiger partial charge in [-0.1, -0.05) is 41.9 Å². The maximum atomic E-state index is 3.62. The van der Waals surface area contributed by atoms with E-state index in [1.54, 1.807) is 0 Å². The Morgan fingerprint density at radius 2 is 2.00 bits per heavy atom. The lowest BCUT2D eigenvalue weighted by Gasteiger charge is -2.44. The summed E-state index contributed by atoms with van der Waals surface area (Å²) in [5.41, 5.74) is 1.49. The van der Waals surface area contributed by atoms with Gasteiger partial charge in [0.2, 0.25) is 0 Å². The summed E-state index contributed by atoms with van der Waals surface area (Å²) >= 11 is 3.48. The molecule has 3 unspecified atom stereocenters. The molecule has 1 N–H and O–H groups in total. The van der Waals surface area contributed by atoms with E-state index in [0.717, 1.165) is 24.4 Å². The number of hydrogen-bond donors (Lipinski definition) is 1. The van der Waals surface area contributed by atoms with Crippen molar-refractivity contribution >= 4 is 15.9 Å². The summed E-state index contributed by atoms with van der Waals surface area (Å²) in [6.45, 7) is 5.74. The first-order valence-electron chi connectivity index (χ1n) is 6.21. The van der Waals surface area contributed by atoms with Crippen LogP contribution in [0.1, 0.15) is 38.2 Å². The number of hydrogen-bond acceptors (Lipinski definition) is 1. The van der Waals surface area contributed by atoms with E-state index >= 15 is 0 Å². The molecule has 0 bridgehead atoms. The zero-order valence-corrected chi connectivity index (χ0v) is 11.6. The molecule has 2 rings (SSSR count). The molecule has 1 aromatic carbocycles. The third kappa shape index (κ3) is 2.49. The van der Waals surface area contributed by atoms with Crippen LogP contribution >= 0.6 is 15.9 Å². The summed E-state index contributed by atoms with van der Waals surface area (Å²) in [5, 5.41) is 3.62. The van der Waals surface area contributed by atoms with E-state index in [0.29, 0.717) is 0 Å². The van der Waals surface area contributed by atoms with Crippen LogP contribution in [0.2, 0.25) is 0 Å². The highest BCUT2D eigenvalue weighted by atomic mass is 79.9. The fourth-order valence-electron chi connectivity index (χ4n) is 2.54. The highest BCUT2D eigenvalue weighted by molar-refractivity contribution is 9.10. The Bertz CT molecular complexity index is 333. The third-order valence-corrected chi connectivity index (χ3v) is 4.26. The highest BCUT2D eigenvalue weighted by Gasteiger charge is 2.37. The van der Waals surface area contributed by atoms with Gasteiger partial charge in [0, 0.05) is 10.5 Å². The van der Waals surface area contributed by atoms with Gasteiger partial charge in [-0.15, -0.1) is 0 Å².